The Morgan fingerprint density at radius 3 is 3.00 bits per heavy atom. The van der Waals surface area contributed by atoms with Crippen LogP contribution in [0.25, 0.3) is 0 Å². The SMILES string of the molecule is Cc1ccnc(SCCCc2cn(Cc3ccc([N+](=O)[O-])o3)nn2)n1. The molecule has 9 nitrogen and oxygen atoms in total. The van der Waals surface area contributed by atoms with Crippen LogP contribution in [0.15, 0.2) is 40.2 Å². The molecule has 0 fully saturated rings. The lowest BCUT2D eigenvalue weighted by Gasteiger charge is -1.99. The van der Waals surface area contributed by atoms with E-state index in [0.717, 1.165) is 35.1 Å². The molecule has 3 rings (SSSR count). The lowest BCUT2D eigenvalue weighted by atomic mass is 10.3. The van der Waals surface area contributed by atoms with E-state index in [4.69, 9.17) is 4.42 Å². The summed E-state index contributed by atoms with van der Waals surface area (Å²) in [5.41, 5.74) is 1.82. The van der Waals surface area contributed by atoms with E-state index in [2.05, 4.69) is 20.3 Å². The zero-order valence-corrected chi connectivity index (χ0v) is 14.3. The van der Waals surface area contributed by atoms with E-state index in [-0.39, 0.29) is 5.88 Å². The van der Waals surface area contributed by atoms with Crippen LogP contribution in [0, 0.1) is 17.0 Å². The first kappa shape index (κ1) is 17.1. The molecule has 25 heavy (non-hydrogen) atoms. The second kappa shape index (κ2) is 7.88. The molecule has 0 saturated heterocycles. The molecule has 3 aromatic heterocycles. The van der Waals surface area contributed by atoms with Crippen molar-refractivity contribution in [1.82, 2.24) is 25.0 Å². The number of rotatable bonds is 8. The molecule has 0 aliphatic heterocycles. The van der Waals surface area contributed by atoms with Crippen molar-refractivity contribution in [1.29, 1.82) is 0 Å². The van der Waals surface area contributed by atoms with Crippen LogP contribution in [0.4, 0.5) is 5.88 Å². The molecule has 0 bridgehead atoms. The molecular weight excluding hydrogens is 344 g/mol. The number of hydrogen-bond donors (Lipinski definition) is 0. The number of nitro groups is 1. The van der Waals surface area contributed by atoms with Gasteiger partial charge in [-0.25, -0.2) is 14.6 Å². The van der Waals surface area contributed by atoms with Crippen LogP contribution in [0.1, 0.15) is 23.6 Å². The molecule has 0 aliphatic rings. The van der Waals surface area contributed by atoms with E-state index in [1.807, 2.05) is 19.2 Å². The predicted octanol–water partition coefficient (Wildman–Crippen LogP) is 2.65. The minimum Gasteiger partial charge on any atom is -0.404 e. The van der Waals surface area contributed by atoms with Gasteiger partial charge in [-0.3, -0.25) is 10.1 Å². The summed E-state index contributed by atoms with van der Waals surface area (Å²) in [5.74, 6) is 1.08. The lowest BCUT2D eigenvalue weighted by Crippen LogP contribution is -1.99. The van der Waals surface area contributed by atoms with Crippen molar-refractivity contribution in [3.05, 3.63) is 57.9 Å². The highest BCUT2D eigenvalue weighted by Gasteiger charge is 2.12. The molecule has 0 spiro atoms. The summed E-state index contributed by atoms with van der Waals surface area (Å²) in [5, 5.41) is 19.5. The first-order valence-corrected chi connectivity index (χ1v) is 8.63. The second-order valence-electron chi connectivity index (χ2n) is 5.34. The highest BCUT2D eigenvalue weighted by Crippen LogP contribution is 2.17. The monoisotopic (exact) mass is 360 g/mol. The summed E-state index contributed by atoms with van der Waals surface area (Å²) in [6.07, 6.45) is 5.29. The predicted molar refractivity (Wildman–Crippen MR) is 90.3 cm³/mol. The van der Waals surface area contributed by atoms with Crippen LogP contribution >= 0.6 is 11.8 Å². The number of aromatic nitrogens is 5. The number of nitrogens with zero attached hydrogens (tertiary/aromatic N) is 6. The molecule has 3 aromatic rings. The number of aryl methyl sites for hydroxylation is 2. The van der Waals surface area contributed by atoms with Gasteiger partial charge in [-0.05, 0) is 31.9 Å². The second-order valence-corrected chi connectivity index (χ2v) is 6.40. The van der Waals surface area contributed by atoms with Crippen LogP contribution < -0.4 is 0 Å². The first-order chi connectivity index (χ1) is 12.1. The average Bonchev–Trinajstić information content (AvgIpc) is 3.22. The summed E-state index contributed by atoms with van der Waals surface area (Å²) < 4.78 is 6.72. The minimum atomic E-state index is -0.564. The van der Waals surface area contributed by atoms with Crippen molar-refractivity contribution in [2.24, 2.45) is 0 Å². The summed E-state index contributed by atoms with van der Waals surface area (Å²) >= 11 is 1.61. The van der Waals surface area contributed by atoms with E-state index in [0.29, 0.717) is 12.3 Å². The molecule has 0 radical (unpaired) electrons. The topological polar surface area (TPSA) is 113 Å². The van der Waals surface area contributed by atoms with Gasteiger partial charge >= 0.3 is 5.88 Å². The van der Waals surface area contributed by atoms with Gasteiger partial charge in [0.15, 0.2) is 5.16 Å². The Morgan fingerprint density at radius 2 is 2.24 bits per heavy atom. The van der Waals surface area contributed by atoms with E-state index in [9.17, 15) is 10.1 Å². The third-order valence-corrected chi connectivity index (χ3v) is 4.26. The van der Waals surface area contributed by atoms with Crippen molar-refractivity contribution < 1.29 is 9.34 Å². The highest BCUT2D eigenvalue weighted by atomic mass is 32.2. The lowest BCUT2D eigenvalue weighted by molar-refractivity contribution is -0.402. The Labute approximate surface area is 147 Å². The fourth-order valence-corrected chi connectivity index (χ4v) is 2.97. The maximum atomic E-state index is 10.6. The number of thioether (sulfide) groups is 1. The first-order valence-electron chi connectivity index (χ1n) is 7.65. The highest BCUT2D eigenvalue weighted by molar-refractivity contribution is 7.99. The fourth-order valence-electron chi connectivity index (χ4n) is 2.15. The third-order valence-electron chi connectivity index (χ3n) is 3.31. The van der Waals surface area contributed by atoms with Gasteiger partial charge in [0.25, 0.3) is 0 Å². The van der Waals surface area contributed by atoms with Gasteiger partial charge in [-0.2, -0.15) is 0 Å². The van der Waals surface area contributed by atoms with E-state index in [1.54, 1.807) is 28.7 Å². The summed E-state index contributed by atoms with van der Waals surface area (Å²) in [6.45, 7) is 2.25. The summed E-state index contributed by atoms with van der Waals surface area (Å²) in [6, 6.07) is 4.77. The fraction of sp³-hybridized carbons (Fsp3) is 0.333. The molecule has 0 aliphatic carbocycles. The molecule has 130 valence electrons. The van der Waals surface area contributed by atoms with Gasteiger partial charge in [-0.15, -0.1) is 5.10 Å². The van der Waals surface area contributed by atoms with Crippen molar-refractivity contribution >= 4 is 17.6 Å². The smallest absolute Gasteiger partial charge is 0.404 e. The molecule has 10 heteroatoms. The van der Waals surface area contributed by atoms with Crippen LogP contribution in [0.5, 0.6) is 0 Å². The standard InChI is InChI=1S/C15H16N6O3S/c1-11-6-7-16-15(17-11)25-8-2-3-12-9-20(19-18-12)10-13-4-5-14(24-13)21(22)23/h4-7,9H,2-3,8,10H2,1H3. The van der Waals surface area contributed by atoms with Crippen LogP contribution in [-0.2, 0) is 13.0 Å². The van der Waals surface area contributed by atoms with Crippen molar-refractivity contribution in [2.45, 2.75) is 31.5 Å². The molecule has 0 unspecified atom stereocenters. The largest absolute Gasteiger partial charge is 0.433 e. The summed E-state index contributed by atoms with van der Waals surface area (Å²) in [4.78, 5) is 18.6. The maximum absolute atomic E-state index is 10.6. The zero-order chi connectivity index (χ0) is 17.6. The molecule has 3 heterocycles. The van der Waals surface area contributed by atoms with Gasteiger partial charge in [-0.1, -0.05) is 17.0 Å². The summed E-state index contributed by atoms with van der Waals surface area (Å²) in [7, 11) is 0. The van der Waals surface area contributed by atoms with Crippen LogP contribution in [0.3, 0.4) is 0 Å². The van der Waals surface area contributed by atoms with E-state index >= 15 is 0 Å². The van der Waals surface area contributed by atoms with Crippen molar-refractivity contribution in [3.63, 3.8) is 0 Å². The maximum Gasteiger partial charge on any atom is 0.433 e. The van der Waals surface area contributed by atoms with E-state index < -0.39 is 4.92 Å². The van der Waals surface area contributed by atoms with Crippen LogP contribution in [0.2, 0.25) is 0 Å². The molecule has 0 aromatic carbocycles. The quantitative estimate of drug-likeness (QED) is 0.198. The average molecular weight is 360 g/mol. The van der Waals surface area contributed by atoms with Crippen LogP contribution in [-0.4, -0.2) is 35.6 Å². The minimum absolute atomic E-state index is 0.272. The number of hydrogen-bond acceptors (Lipinski definition) is 8. The van der Waals surface area contributed by atoms with E-state index in [1.165, 1.54) is 6.07 Å². The number of furan rings is 1. The Kier molecular flexibility index (Phi) is 5.39. The third kappa shape index (κ3) is 4.86. The van der Waals surface area contributed by atoms with Crippen molar-refractivity contribution in [3.8, 4) is 0 Å². The molecule has 0 N–H and O–H groups in total. The Morgan fingerprint density at radius 1 is 1.36 bits per heavy atom. The molecular formula is C15H16N6O3S. The molecule has 0 amide bonds. The molecule has 0 saturated carbocycles. The normalized spacial score (nSPS) is 10.9. The van der Waals surface area contributed by atoms with Gasteiger partial charge in [0, 0.05) is 23.8 Å². The Balaban J connectivity index is 1.45. The van der Waals surface area contributed by atoms with Gasteiger partial charge in [0.05, 0.1) is 11.8 Å². The van der Waals surface area contributed by atoms with Gasteiger partial charge in [0.1, 0.15) is 17.2 Å². The molecule has 0 atom stereocenters. The van der Waals surface area contributed by atoms with Gasteiger partial charge in [0.2, 0.25) is 0 Å². The van der Waals surface area contributed by atoms with Gasteiger partial charge < -0.3 is 4.42 Å². The zero-order valence-electron chi connectivity index (χ0n) is 13.5. The Hall–Kier alpha value is -2.75. The Bertz CT molecular complexity index is 862. The van der Waals surface area contributed by atoms with Crippen molar-refractivity contribution in [2.75, 3.05) is 5.75 Å².